The van der Waals surface area contributed by atoms with Gasteiger partial charge in [0.05, 0.1) is 5.56 Å². The van der Waals surface area contributed by atoms with Crippen molar-refractivity contribution in [3.63, 3.8) is 0 Å². The summed E-state index contributed by atoms with van der Waals surface area (Å²) in [6, 6.07) is 8.52. The predicted molar refractivity (Wildman–Crippen MR) is 72.3 cm³/mol. The molecule has 100 valence electrons. The SMILES string of the molecule is Nc1ccc(Oc2cc(Cl)cc(Cl)c2)c(C(F)F)c1. The Morgan fingerprint density at radius 1 is 1.00 bits per heavy atom. The number of nitrogens with two attached hydrogens (primary N) is 1. The van der Waals surface area contributed by atoms with Gasteiger partial charge >= 0.3 is 0 Å². The molecule has 0 radical (unpaired) electrons. The molecule has 0 amide bonds. The van der Waals surface area contributed by atoms with E-state index < -0.39 is 6.43 Å². The van der Waals surface area contributed by atoms with E-state index in [-0.39, 0.29) is 22.7 Å². The van der Waals surface area contributed by atoms with Crippen LogP contribution < -0.4 is 10.5 Å². The summed E-state index contributed by atoms with van der Waals surface area (Å²) in [4.78, 5) is 0. The molecule has 0 saturated heterocycles. The summed E-state index contributed by atoms with van der Waals surface area (Å²) >= 11 is 11.6. The van der Waals surface area contributed by atoms with Gasteiger partial charge in [0.2, 0.25) is 0 Å². The lowest BCUT2D eigenvalue weighted by molar-refractivity contribution is 0.148. The molecule has 2 rings (SSSR count). The zero-order valence-corrected chi connectivity index (χ0v) is 11.1. The van der Waals surface area contributed by atoms with Crippen LogP contribution in [0, 0.1) is 0 Å². The molecule has 6 heteroatoms. The molecule has 0 fully saturated rings. The van der Waals surface area contributed by atoms with Gasteiger partial charge in [0.1, 0.15) is 11.5 Å². The van der Waals surface area contributed by atoms with Crippen molar-refractivity contribution in [1.82, 2.24) is 0 Å². The Balaban J connectivity index is 2.37. The first-order valence-corrected chi connectivity index (χ1v) is 6.03. The van der Waals surface area contributed by atoms with Gasteiger partial charge in [-0.1, -0.05) is 23.2 Å². The molecule has 0 bridgehead atoms. The van der Waals surface area contributed by atoms with Crippen LogP contribution in [0.3, 0.4) is 0 Å². The van der Waals surface area contributed by atoms with Crippen molar-refractivity contribution in [2.24, 2.45) is 0 Å². The van der Waals surface area contributed by atoms with Gasteiger partial charge < -0.3 is 10.5 Å². The van der Waals surface area contributed by atoms with Gasteiger partial charge in [-0.2, -0.15) is 0 Å². The lowest BCUT2D eigenvalue weighted by atomic mass is 10.2. The fourth-order valence-corrected chi connectivity index (χ4v) is 2.05. The quantitative estimate of drug-likeness (QED) is 0.780. The highest BCUT2D eigenvalue weighted by Crippen LogP contribution is 2.35. The lowest BCUT2D eigenvalue weighted by Crippen LogP contribution is -1.95. The van der Waals surface area contributed by atoms with Crippen LogP contribution >= 0.6 is 23.2 Å². The molecule has 0 aliphatic carbocycles. The predicted octanol–water partition coefficient (Wildman–Crippen LogP) is 5.31. The van der Waals surface area contributed by atoms with Crippen molar-refractivity contribution in [3.8, 4) is 11.5 Å². The van der Waals surface area contributed by atoms with Crippen molar-refractivity contribution in [2.75, 3.05) is 5.73 Å². The normalized spacial score (nSPS) is 10.8. The Hall–Kier alpha value is -1.52. The Bertz CT molecular complexity index is 585. The van der Waals surface area contributed by atoms with E-state index in [2.05, 4.69) is 0 Å². The summed E-state index contributed by atoms with van der Waals surface area (Å²) in [5, 5.41) is 0.716. The Morgan fingerprint density at radius 3 is 2.21 bits per heavy atom. The zero-order chi connectivity index (χ0) is 14.0. The molecular weight excluding hydrogens is 295 g/mol. The van der Waals surface area contributed by atoms with E-state index in [1.54, 1.807) is 0 Å². The highest BCUT2D eigenvalue weighted by atomic mass is 35.5. The van der Waals surface area contributed by atoms with Gasteiger partial charge in [0.25, 0.3) is 6.43 Å². The Kier molecular flexibility index (Phi) is 4.12. The van der Waals surface area contributed by atoms with Gasteiger partial charge in [0, 0.05) is 15.7 Å². The minimum atomic E-state index is -2.69. The van der Waals surface area contributed by atoms with E-state index in [9.17, 15) is 8.78 Å². The molecule has 0 unspecified atom stereocenters. The van der Waals surface area contributed by atoms with Gasteiger partial charge in [-0.15, -0.1) is 0 Å². The van der Waals surface area contributed by atoms with E-state index >= 15 is 0 Å². The first-order valence-electron chi connectivity index (χ1n) is 5.27. The fourth-order valence-electron chi connectivity index (χ4n) is 1.54. The van der Waals surface area contributed by atoms with Crippen LogP contribution in [0.1, 0.15) is 12.0 Å². The lowest BCUT2D eigenvalue weighted by Gasteiger charge is -2.12. The second-order valence-corrected chi connectivity index (χ2v) is 4.68. The minimum absolute atomic E-state index is 0.0162. The molecule has 0 heterocycles. The van der Waals surface area contributed by atoms with E-state index in [1.165, 1.54) is 36.4 Å². The molecule has 0 aromatic heterocycles. The number of hydrogen-bond donors (Lipinski definition) is 1. The molecule has 2 aromatic rings. The number of halogens is 4. The van der Waals surface area contributed by atoms with Crippen LogP contribution in [0.15, 0.2) is 36.4 Å². The number of nitrogen functional groups attached to an aromatic ring is 1. The van der Waals surface area contributed by atoms with Crippen molar-refractivity contribution >= 4 is 28.9 Å². The third-order valence-electron chi connectivity index (χ3n) is 2.33. The minimum Gasteiger partial charge on any atom is -0.457 e. The van der Waals surface area contributed by atoms with Gasteiger partial charge in [-0.3, -0.25) is 0 Å². The molecular formula is C13H9Cl2F2NO. The van der Waals surface area contributed by atoms with Gasteiger partial charge in [-0.05, 0) is 36.4 Å². The smallest absolute Gasteiger partial charge is 0.267 e. The number of benzene rings is 2. The third-order valence-corrected chi connectivity index (χ3v) is 2.77. The highest BCUT2D eigenvalue weighted by molar-refractivity contribution is 6.34. The largest absolute Gasteiger partial charge is 0.457 e. The van der Waals surface area contributed by atoms with Crippen LogP contribution in [0.2, 0.25) is 10.0 Å². The van der Waals surface area contributed by atoms with Crippen molar-refractivity contribution in [3.05, 3.63) is 52.0 Å². The monoisotopic (exact) mass is 303 g/mol. The van der Waals surface area contributed by atoms with Crippen LogP contribution in [0.25, 0.3) is 0 Å². The summed E-state index contributed by atoms with van der Waals surface area (Å²) < 4.78 is 31.1. The summed E-state index contributed by atoms with van der Waals surface area (Å²) in [5.74, 6) is 0.298. The summed E-state index contributed by atoms with van der Waals surface area (Å²) in [6.45, 7) is 0. The maximum Gasteiger partial charge on any atom is 0.267 e. The second-order valence-electron chi connectivity index (χ2n) is 3.81. The molecule has 2 nitrogen and oxygen atoms in total. The topological polar surface area (TPSA) is 35.2 Å². The van der Waals surface area contributed by atoms with Crippen LogP contribution in [0.5, 0.6) is 11.5 Å². The van der Waals surface area contributed by atoms with Gasteiger partial charge in [0.15, 0.2) is 0 Å². The molecule has 0 aliphatic rings. The Morgan fingerprint density at radius 2 is 1.63 bits per heavy atom. The first kappa shape index (κ1) is 13.9. The fraction of sp³-hybridized carbons (Fsp3) is 0.0769. The summed E-state index contributed by atoms with van der Waals surface area (Å²) in [5.41, 5.74) is 5.44. The third kappa shape index (κ3) is 3.49. The van der Waals surface area contributed by atoms with Crippen LogP contribution in [0.4, 0.5) is 14.5 Å². The molecule has 0 spiro atoms. The summed E-state index contributed by atoms with van der Waals surface area (Å²) in [7, 11) is 0. The maximum absolute atomic E-state index is 12.9. The van der Waals surface area contributed by atoms with Crippen LogP contribution in [-0.2, 0) is 0 Å². The number of hydrogen-bond acceptors (Lipinski definition) is 2. The molecule has 0 saturated carbocycles. The van der Waals surface area contributed by atoms with Gasteiger partial charge in [-0.25, -0.2) is 8.78 Å². The standard InChI is InChI=1S/C13H9Cl2F2NO/c14-7-3-8(15)5-10(4-7)19-12-2-1-9(18)6-11(12)13(16)17/h1-6,13H,18H2. The average molecular weight is 304 g/mol. The van der Waals surface area contributed by atoms with Crippen molar-refractivity contribution in [2.45, 2.75) is 6.43 Å². The van der Waals surface area contributed by atoms with E-state index in [1.807, 2.05) is 0 Å². The average Bonchev–Trinajstić information content (AvgIpc) is 2.30. The van der Waals surface area contributed by atoms with E-state index in [4.69, 9.17) is 33.7 Å². The maximum atomic E-state index is 12.9. The zero-order valence-electron chi connectivity index (χ0n) is 9.54. The second kappa shape index (κ2) is 5.63. The summed E-state index contributed by atoms with van der Waals surface area (Å²) in [6.07, 6.45) is -2.69. The number of alkyl halides is 2. The number of rotatable bonds is 3. The van der Waals surface area contributed by atoms with E-state index in [0.29, 0.717) is 10.0 Å². The molecule has 2 aromatic carbocycles. The Labute approximate surface area is 118 Å². The van der Waals surface area contributed by atoms with Crippen LogP contribution in [-0.4, -0.2) is 0 Å². The molecule has 0 aliphatic heterocycles. The highest BCUT2D eigenvalue weighted by Gasteiger charge is 2.15. The number of anilines is 1. The van der Waals surface area contributed by atoms with Crippen molar-refractivity contribution < 1.29 is 13.5 Å². The molecule has 19 heavy (non-hydrogen) atoms. The molecule has 2 N–H and O–H groups in total. The van der Waals surface area contributed by atoms with E-state index in [0.717, 1.165) is 0 Å². The number of ether oxygens (including phenoxy) is 1. The molecule has 0 atom stereocenters. The van der Waals surface area contributed by atoms with Crippen molar-refractivity contribution in [1.29, 1.82) is 0 Å². The first-order chi connectivity index (χ1) is 8.95.